The highest BCUT2D eigenvalue weighted by Gasteiger charge is 2.59. The summed E-state index contributed by atoms with van der Waals surface area (Å²) in [6, 6.07) is 3.96. The molecule has 0 unspecified atom stereocenters. The number of rotatable bonds is 1. The minimum absolute atomic E-state index is 0.0779. The van der Waals surface area contributed by atoms with E-state index in [1.54, 1.807) is 4.57 Å². The molecule has 0 N–H and O–H groups in total. The second-order valence-corrected chi connectivity index (χ2v) is 7.06. The molecule has 3 saturated carbocycles. The quantitative estimate of drug-likeness (QED) is 0.810. The monoisotopic (exact) mass is 318 g/mol. The fourth-order valence-corrected chi connectivity index (χ4v) is 4.36. The first-order valence-corrected chi connectivity index (χ1v) is 7.47. The highest BCUT2D eigenvalue weighted by molar-refractivity contribution is 9.10. The zero-order valence-corrected chi connectivity index (χ0v) is 12.6. The van der Waals surface area contributed by atoms with Crippen molar-refractivity contribution in [3.8, 4) is 0 Å². The van der Waals surface area contributed by atoms with Crippen molar-refractivity contribution in [1.82, 2.24) is 9.55 Å². The molecule has 0 amide bonds. The fourth-order valence-electron chi connectivity index (χ4n) is 3.70. The minimum Gasteiger partial charge on any atom is -0.299 e. The van der Waals surface area contributed by atoms with Crippen molar-refractivity contribution in [1.29, 1.82) is 0 Å². The molecule has 19 heavy (non-hydrogen) atoms. The van der Waals surface area contributed by atoms with Gasteiger partial charge in [-0.25, -0.2) is 4.98 Å². The molecule has 5 rings (SSSR count). The van der Waals surface area contributed by atoms with Gasteiger partial charge in [0.25, 0.3) is 5.56 Å². The summed E-state index contributed by atoms with van der Waals surface area (Å²) < 4.78 is 2.69. The van der Waals surface area contributed by atoms with Gasteiger partial charge in [0.2, 0.25) is 0 Å². The number of nitrogens with zero attached hydrogens (tertiary/aromatic N) is 2. The molecule has 3 nitrogen and oxygen atoms in total. The average Bonchev–Trinajstić information content (AvgIpc) is 2.22. The standard InChI is InChI=1S/C15H15BrN2O/c1-8-3-10-12(11(16)4-8)17-14(18(2)13(10)19)15-5-9(6-15)7-15/h3-4,9H,5-7H2,1-2H3. The Balaban J connectivity index is 2.07. The second-order valence-electron chi connectivity index (χ2n) is 6.20. The molecular weight excluding hydrogens is 304 g/mol. The minimum atomic E-state index is 0.0779. The Morgan fingerprint density at radius 2 is 2.05 bits per heavy atom. The maximum atomic E-state index is 12.6. The highest BCUT2D eigenvalue weighted by Crippen LogP contribution is 2.64. The molecule has 1 heterocycles. The summed E-state index contributed by atoms with van der Waals surface area (Å²) in [4.78, 5) is 17.4. The number of aromatic nitrogens is 2. The van der Waals surface area contributed by atoms with Crippen molar-refractivity contribution < 1.29 is 0 Å². The van der Waals surface area contributed by atoms with Crippen LogP contribution < -0.4 is 5.56 Å². The van der Waals surface area contributed by atoms with Gasteiger partial charge in [-0.3, -0.25) is 9.36 Å². The third kappa shape index (κ3) is 1.38. The summed E-state index contributed by atoms with van der Waals surface area (Å²) in [6.07, 6.45) is 3.63. The number of benzene rings is 1. The number of halogens is 1. The van der Waals surface area contributed by atoms with Crippen LogP contribution in [0.15, 0.2) is 21.4 Å². The summed E-state index contributed by atoms with van der Waals surface area (Å²) in [5.74, 6) is 1.87. The second kappa shape index (κ2) is 3.48. The average molecular weight is 319 g/mol. The third-order valence-corrected chi connectivity index (χ3v) is 5.40. The number of fused-ring (bicyclic) bond motifs is 1. The van der Waals surface area contributed by atoms with E-state index in [9.17, 15) is 4.79 Å². The van der Waals surface area contributed by atoms with Crippen LogP contribution >= 0.6 is 15.9 Å². The Labute approximate surface area is 119 Å². The Morgan fingerprint density at radius 3 is 2.63 bits per heavy atom. The number of hydrogen-bond donors (Lipinski definition) is 0. The van der Waals surface area contributed by atoms with E-state index in [-0.39, 0.29) is 11.0 Å². The van der Waals surface area contributed by atoms with Gasteiger partial charge in [0, 0.05) is 16.9 Å². The van der Waals surface area contributed by atoms with Crippen molar-refractivity contribution in [3.63, 3.8) is 0 Å². The molecule has 0 saturated heterocycles. The maximum absolute atomic E-state index is 12.6. The van der Waals surface area contributed by atoms with Gasteiger partial charge in [0.05, 0.1) is 10.9 Å². The molecule has 4 heteroatoms. The molecule has 3 aliphatic carbocycles. The lowest BCUT2D eigenvalue weighted by Gasteiger charge is -2.61. The number of hydrogen-bond acceptors (Lipinski definition) is 2. The van der Waals surface area contributed by atoms with Gasteiger partial charge in [0.1, 0.15) is 5.82 Å². The van der Waals surface area contributed by atoms with E-state index < -0.39 is 0 Å². The lowest BCUT2D eigenvalue weighted by molar-refractivity contribution is -0.0373. The molecular formula is C15H15BrN2O. The van der Waals surface area contributed by atoms with Gasteiger partial charge in [-0.15, -0.1) is 0 Å². The molecule has 0 spiro atoms. The van der Waals surface area contributed by atoms with E-state index >= 15 is 0 Å². The molecule has 0 radical (unpaired) electrons. The summed E-state index contributed by atoms with van der Waals surface area (Å²) in [5, 5.41) is 0.713. The Bertz CT molecular complexity index is 761. The molecule has 2 aromatic rings. The van der Waals surface area contributed by atoms with E-state index in [0.29, 0.717) is 5.39 Å². The van der Waals surface area contributed by atoms with Crippen molar-refractivity contribution >= 4 is 26.8 Å². The van der Waals surface area contributed by atoms with Crippen LogP contribution in [-0.2, 0) is 12.5 Å². The van der Waals surface area contributed by atoms with Crippen LogP contribution in [0.2, 0.25) is 0 Å². The third-order valence-electron chi connectivity index (χ3n) is 4.79. The predicted octanol–water partition coefficient (Wildman–Crippen LogP) is 3.06. The number of aryl methyl sites for hydroxylation is 1. The first-order chi connectivity index (χ1) is 9.00. The molecule has 0 aliphatic heterocycles. The van der Waals surface area contributed by atoms with Gasteiger partial charge in [-0.1, -0.05) is 0 Å². The van der Waals surface area contributed by atoms with Gasteiger partial charge in [0.15, 0.2) is 0 Å². The summed E-state index contributed by atoms with van der Waals surface area (Å²) >= 11 is 3.55. The van der Waals surface area contributed by atoms with Crippen LogP contribution in [0, 0.1) is 12.8 Å². The first kappa shape index (κ1) is 11.6. The van der Waals surface area contributed by atoms with Crippen LogP contribution in [0.1, 0.15) is 30.7 Å². The van der Waals surface area contributed by atoms with Crippen LogP contribution in [0.4, 0.5) is 0 Å². The van der Waals surface area contributed by atoms with E-state index in [4.69, 9.17) is 4.98 Å². The lowest BCUT2D eigenvalue weighted by atomic mass is 9.44. The summed E-state index contributed by atoms with van der Waals surface area (Å²) in [5.41, 5.74) is 2.18. The van der Waals surface area contributed by atoms with Gasteiger partial charge >= 0.3 is 0 Å². The normalized spacial score (nSPS) is 28.1. The molecule has 98 valence electrons. The topological polar surface area (TPSA) is 34.9 Å². The SMILES string of the molecule is Cc1cc(Br)c2nc(C34CC(C3)C4)n(C)c(=O)c2c1. The van der Waals surface area contributed by atoms with Crippen LogP contribution in [0.25, 0.3) is 10.9 Å². The zero-order valence-electron chi connectivity index (χ0n) is 11.0. The Morgan fingerprint density at radius 1 is 1.37 bits per heavy atom. The molecule has 1 aromatic heterocycles. The molecule has 1 aromatic carbocycles. The van der Waals surface area contributed by atoms with E-state index in [2.05, 4.69) is 15.9 Å². The summed E-state index contributed by atoms with van der Waals surface area (Å²) in [7, 11) is 1.86. The van der Waals surface area contributed by atoms with Crippen LogP contribution in [0.5, 0.6) is 0 Å². The van der Waals surface area contributed by atoms with Gasteiger partial charge in [-0.05, 0) is 65.7 Å². The van der Waals surface area contributed by atoms with Gasteiger partial charge < -0.3 is 0 Å². The Kier molecular flexibility index (Phi) is 2.13. The van der Waals surface area contributed by atoms with Crippen molar-refractivity contribution in [2.45, 2.75) is 31.6 Å². The fraction of sp³-hybridized carbons (Fsp3) is 0.467. The largest absolute Gasteiger partial charge is 0.299 e. The van der Waals surface area contributed by atoms with Crippen molar-refractivity contribution in [2.75, 3.05) is 0 Å². The van der Waals surface area contributed by atoms with E-state index in [1.807, 2.05) is 26.1 Å². The molecule has 2 bridgehead atoms. The van der Waals surface area contributed by atoms with Crippen LogP contribution in [0.3, 0.4) is 0 Å². The summed E-state index contributed by atoms with van der Waals surface area (Å²) in [6.45, 7) is 2.00. The predicted molar refractivity (Wildman–Crippen MR) is 78.4 cm³/mol. The van der Waals surface area contributed by atoms with Crippen molar-refractivity contribution in [3.05, 3.63) is 38.3 Å². The Hall–Kier alpha value is -1.16. The maximum Gasteiger partial charge on any atom is 0.261 e. The lowest BCUT2D eigenvalue weighted by Crippen LogP contribution is -2.57. The molecule has 0 atom stereocenters. The first-order valence-electron chi connectivity index (χ1n) is 6.67. The zero-order chi connectivity index (χ0) is 13.4. The molecule has 3 aliphatic rings. The highest BCUT2D eigenvalue weighted by atomic mass is 79.9. The smallest absolute Gasteiger partial charge is 0.261 e. The molecule has 3 fully saturated rings. The van der Waals surface area contributed by atoms with Crippen LogP contribution in [-0.4, -0.2) is 9.55 Å². The van der Waals surface area contributed by atoms with E-state index in [0.717, 1.165) is 27.3 Å². The van der Waals surface area contributed by atoms with E-state index in [1.165, 1.54) is 19.3 Å². The van der Waals surface area contributed by atoms with Crippen molar-refractivity contribution in [2.24, 2.45) is 13.0 Å². The van der Waals surface area contributed by atoms with Gasteiger partial charge in [-0.2, -0.15) is 0 Å².